The summed E-state index contributed by atoms with van der Waals surface area (Å²) >= 11 is 0. The predicted molar refractivity (Wildman–Crippen MR) is 79.4 cm³/mol. The molecule has 0 spiro atoms. The third-order valence-electron chi connectivity index (χ3n) is 2.80. The van der Waals surface area contributed by atoms with Gasteiger partial charge in [0.05, 0.1) is 17.1 Å². The fraction of sp³-hybridized carbons (Fsp3) is 0.615. The molecule has 0 fully saturated rings. The highest BCUT2D eigenvalue weighted by molar-refractivity contribution is 5.55. The number of nitrogens with zero attached hydrogens (tertiary/aromatic N) is 3. The average Bonchev–Trinajstić information content (AvgIpc) is 2.44. The summed E-state index contributed by atoms with van der Waals surface area (Å²) < 4.78 is 5.00. The highest BCUT2D eigenvalue weighted by Gasteiger charge is 2.13. The molecule has 0 aliphatic carbocycles. The number of aromatic nitrogens is 1. The number of hydrogen-bond acceptors (Lipinski definition) is 6. The molecule has 0 aliphatic heterocycles. The lowest BCUT2D eigenvalue weighted by Gasteiger charge is -2.18. The van der Waals surface area contributed by atoms with Gasteiger partial charge >= 0.3 is 0 Å². The highest BCUT2D eigenvalue weighted by atomic mass is 16.6. The molecule has 1 aromatic rings. The Balaban J connectivity index is 2.86. The monoisotopic (exact) mass is 282 g/mol. The second-order valence-corrected chi connectivity index (χ2v) is 4.52. The van der Waals surface area contributed by atoms with Gasteiger partial charge in [0.2, 0.25) is 0 Å². The first-order chi connectivity index (χ1) is 9.58. The maximum atomic E-state index is 11.0. The number of rotatable bonds is 9. The number of pyridine rings is 1. The molecule has 0 aliphatic rings. The van der Waals surface area contributed by atoms with E-state index in [9.17, 15) is 10.1 Å². The predicted octanol–water partition coefficient (Wildman–Crippen LogP) is 2.28. The molecule has 0 unspecified atom stereocenters. The van der Waals surface area contributed by atoms with Crippen molar-refractivity contribution in [3.63, 3.8) is 0 Å². The van der Waals surface area contributed by atoms with Crippen LogP contribution in [-0.2, 0) is 4.74 Å². The summed E-state index contributed by atoms with van der Waals surface area (Å²) in [6.07, 6.45) is 1.78. The fourth-order valence-corrected chi connectivity index (χ4v) is 1.71. The number of nitrogens with one attached hydrogen (secondary N) is 1. The molecule has 0 saturated heterocycles. The molecule has 0 saturated carbocycles. The zero-order chi connectivity index (χ0) is 15.0. The Morgan fingerprint density at radius 1 is 1.50 bits per heavy atom. The molecule has 0 radical (unpaired) electrons. The van der Waals surface area contributed by atoms with Crippen LogP contribution in [-0.4, -0.2) is 43.8 Å². The van der Waals surface area contributed by atoms with Crippen LogP contribution in [0, 0.1) is 10.1 Å². The van der Waals surface area contributed by atoms with E-state index >= 15 is 0 Å². The maximum absolute atomic E-state index is 11.0. The van der Waals surface area contributed by atoms with Gasteiger partial charge in [0, 0.05) is 33.9 Å². The number of methoxy groups -OCH3 is 1. The first kappa shape index (κ1) is 16.2. The molecule has 1 rings (SSSR count). The van der Waals surface area contributed by atoms with Crippen molar-refractivity contribution < 1.29 is 9.66 Å². The Hall–Kier alpha value is -1.89. The van der Waals surface area contributed by atoms with Crippen molar-refractivity contribution in [2.75, 3.05) is 44.1 Å². The van der Waals surface area contributed by atoms with Crippen molar-refractivity contribution in [2.24, 2.45) is 0 Å². The summed E-state index contributed by atoms with van der Waals surface area (Å²) in [4.78, 5) is 16.9. The van der Waals surface area contributed by atoms with Crippen LogP contribution in [0.2, 0.25) is 0 Å². The van der Waals surface area contributed by atoms with Crippen molar-refractivity contribution >= 4 is 17.3 Å². The highest BCUT2D eigenvalue weighted by Crippen LogP contribution is 2.22. The number of ether oxygens (including phenoxy) is 1. The zero-order valence-corrected chi connectivity index (χ0v) is 12.3. The van der Waals surface area contributed by atoms with Gasteiger partial charge in [-0.2, -0.15) is 0 Å². The lowest BCUT2D eigenvalue weighted by atomic mass is 10.3. The quantitative estimate of drug-likeness (QED) is 0.425. The summed E-state index contributed by atoms with van der Waals surface area (Å²) in [5.41, 5.74) is 0.0483. The van der Waals surface area contributed by atoms with E-state index in [0.717, 1.165) is 25.9 Å². The average molecular weight is 282 g/mol. The lowest BCUT2D eigenvalue weighted by Crippen LogP contribution is -2.21. The van der Waals surface area contributed by atoms with Gasteiger partial charge in [0.15, 0.2) is 0 Å². The van der Waals surface area contributed by atoms with Gasteiger partial charge in [-0.25, -0.2) is 4.98 Å². The van der Waals surface area contributed by atoms with Crippen LogP contribution in [0.4, 0.5) is 17.3 Å². The van der Waals surface area contributed by atoms with Gasteiger partial charge in [-0.3, -0.25) is 10.1 Å². The van der Waals surface area contributed by atoms with Crippen LogP contribution in [0.1, 0.15) is 19.8 Å². The molecule has 0 bridgehead atoms. The summed E-state index contributed by atoms with van der Waals surface area (Å²) in [5, 5.41) is 14.1. The van der Waals surface area contributed by atoms with Crippen LogP contribution in [0.15, 0.2) is 12.1 Å². The minimum Gasteiger partial charge on any atom is -0.385 e. The van der Waals surface area contributed by atoms with Gasteiger partial charge in [0.25, 0.3) is 5.69 Å². The summed E-state index contributed by atoms with van der Waals surface area (Å²) in [7, 11) is 3.52. The Bertz CT molecular complexity index is 440. The van der Waals surface area contributed by atoms with Crippen LogP contribution < -0.4 is 10.2 Å². The van der Waals surface area contributed by atoms with Gasteiger partial charge in [0.1, 0.15) is 11.6 Å². The summed E-state index contributed by atoms with van der Waals surface area (Å²) in [5.74, 6) is 1.13. The van der Waals surface area contributed by atoms with E-state index < -0.39 is 4.92 Å². The Morgan fingerprint density at radius 2 is 2.25 bits per heavy atom. The molecule has 0 atom stereocenters. The Morgan fingerprint density at radius 3 is 2.85 bits per heavy atom. The van der Waals surface area contributed by atoms with Crippen molar-refractivity contribution in [1.29, 1.82) is 0 Å². The zero-order valence-electron chi connectivity index (χ0n) is 12.3. The van der Waals surface area contributed by atoms with Crippen molar-refractivity contribution in [3.8, 4) is 0 Å². The summed E-state index contributed by atoms with van der Waals surface area (Å²) in [6.45, 7) is 4.15. The number of anilines is 2. The van der Waals surface area contributed by atoms with E-state index in [1.165, 1.54) is 12.1 Å². The lowest BCUT2D eigenvalue weighted by molar-refractivity contribution is -0.384. The van der Waals surface area contributed by atoms with Crippen LogP contribution in [0.25, 0.3) is 0 Å². The Kier molecular flexibility index (Phi) is 6.72. The second-order valence-electron chi connectivity index (χ2n) is 4.52. The van der Waals surface area contributed by atoms with E-state index in [0.29, 0.717) is 18.2 Å². The maximum Gasteiger partial charge on any atom is 0.276 e. The van der Waals surface area contributed by atoms with Crippen molar-refractivity contribution in [2.45, 2.75) is 19.8 Å². The fourth-order valence-electron chi connectivity index (χ4n) is 1.71. The largest absolute Gasteiger partial charge is 0.385 e. The SMILES string of the molecule is CCCNc1cc([N+](=O)[O-])cc(N(C)CCCOC)n1. The molecule has 20 heavy (non-hydrogen) atoms. The molecule has 112 valence electrons. The third-order valence-corrected chi connectivity index (χ3v) is 2.80. The molecule has 1 heterocycles. The number of nitro groups is 1. The van der Waals surface area contributed by atoms with Gasteiger partial charge in [-0.1, -0.05) is 6.92 Å². The number of hydrogen-bond donors (Lipinski definition) is 1. The van der Waals surface area contributed by atoms with E-state index in [2.05, 4.69) is 10.3 Å². The van der Waals surface area contributed by atoms with E-state index in [1.807, 2.05) is 18.9 Å². The molecular weight excluding hydrogens is 260 g/mol. The standard InChI is InChI=1S/C13H22N4O3/c1-4-6-14-12-9-11(17(18)19)10-13(15-12)16(2)7-5-8-20-3/h9-10H,4-8H2,1-3H3,(H,14,15). The first-order valence-electron chi connectivity index (χ1n) is 6.69. The molecule has 1 N–H and O–H groups in total. The van der Waals surface area contributed by atoms with E-state index in [4.69, 9.17) is 4.74 Å². The molecular formula is C13H22N4O3. The topological polar surface area (TPSA) is 80.5 Å². The van der Waals surface area contributed by atoms with Crippen LogP contribution >= 0.6 is 0 Å². The van der Waals surface area contributed by atoms with Crippen LogP contribution in [0.3, 0.4) is 0 Å². The van der Waals surface area contributed by atoms with Crippen molar-refractivity contribution in [3.05, 3.63) is 22.2 Å². The van der Waals surface area contributed by atoms with E-state index in [1.54, 1.807) is 7.11 Å². The minimum atomic E-state index is -0.398. The second kappa shape index (κ2) is 8.31. The van der Waals surface area contributed by atoms with Gasteiger partial charge < -0.3 is 15.0 Å². The molecule has 7 heteroatoms. The molecule has 7 nitrogen and oxygen atoms in total. The Labute approximate surface area is 119 Å². The van der Waals surface area contributed by atoms with Crippen LogP contribution in [0.5, 0.6) is 0 Å². The normalized spacial score (nSPS) is 10.3. The molecule has 0 aromatic carbocycles. The first-order valence-corrected chi connectivity index (χ1v) is 6.69. The molecule has 1 aromatic heterocycles. The van der Waals surface area contributed by atoms with Gasteiger partial charge in [-0.05, 0) is 12.8 Å². The smallest absolute Gasteiger partial charge is 0.276 e. The minimum absolute atomic E-state index is 0.0483. The van der Waals surface area contributed by atoms with E-state index in [-0.39, 0.29) is 5.69 Å². The van der Waals surface area contributed by atoms with Gasteiger partial charge in [-0.15, -0.1) is 0 Å². The third kappa shape index (κ3) is 5.00. The molecule has 0 amide bonds. The van der Waals surface area contributed by atoms with Crippen molar-refractivity contribution in [1.82, 2.24) is 4.98 Å². The summed E-state index contributed by atoms with van der Waals surface area (Å²) in [6, 6.07) is 2.95.